The number of aromatic nitrogens is 5. The van der Waals surface area contributed by atoms with E-state index in [4.69, 9.17) is 5.10 Å². The average Bonchev–Trinajstić information content (AvgIpc) is 3.54. The number of piperidine rings is 1. The fraction of sp³-hybridized carbons (Fsp3) is 0.200. The van der Waals surface area contributed by atoms with Crippen LogP contribution in [0, 0.1) is 5.82 Å². The summed E-state index contributed by atoms with van der Waals surface area (Å²) in [4.78, 5) is 18.7. The second-order valence-corrected chi connectivity index (χ2v) is 7.99. The van der Waals surface area contributed by atoms with Crippen molar-refractivity contribution in [2.45, 2.75) is 18.9 Å². The fourth-order valence-corrected chi connectivity index (χ4v) is 4.08. The third kappa shape index (κ3) is 4.59. The molecule has 2 aromatic carbocycles. The molecule has 8 heteroatoms. The van der Waals surface area contributed by atoms with E-state index in [0.29, 0.717) is 18.8 Å². The first kappa shape index (κ1) is 20.8. The van der Waals surface area contributed by atoms with E-state index < -0.39 is 0 Å². The van der Waals surface area contributed by atoms with E-state index in [-0.39, 0.29) is 17.8 Å². The zero-order valence-corrected chi connectivity index (χ0v) is 18.0. The van der Waals surface area contributed by atoms with Crippen molar-refractivity contribution in [1.82, 2.24) is 29.4 Å². The molecule has 1 aliphatic heterocycles. The van der Waals surface area contributed by atoms with E-state index in [0.717, 1.165) is 29.7 Å². The van der Waals surface area contributed by atoms with E-state index in [1.165, 1.54) is 18.5 Å². The highest BCUT2D eigenvalue weighted by Crippen LogP contribution is 2.26. The summed E-state index contributed by atoms with van der Waals surface area (Å²) in [7, 11) is 0. The molecule has 1 fully saturated rings. The molecule has 0 aliphatic carbocycles. The number of hydrogen-bond donors (Lipinski definition) is 0. The predicted molar refractivity (Wildman–Crippen MR) is 123 cm³/mol. The first-order chi connectivity index (χ1) is 16.2. The Morgan fingerprint density at radius 2 is 1.79 bits per heavy atom. The van der Waals surface area contributed by atoms with Gasteiger partial charge in [0, 0.05) is 36.5 Å². The van der Waals surface area contributed by atoms with Gasteiger partial charge in [0.15, 0.2) is 0 Å². The summed E-state index contributed by atoms with van der Waals surface area (Å²) in [6, 6.07) is 16.2. The Morgan fingerprint density at radius 1 is 1.03 bits per heavy atom. The molecule has 0 spiro atoms. The molecule has 1 saturated heterocycles. The summed E-state index contributed by atoms with van der Waals surface area (Å²) in [6.07, 6.45) is 10.2. The zero-order chi connectivity index (χ0) is 22.6. The van der Waals surface area contributed by atoms with Gasteiger partial charge in [-0.1, -0.05) is 18.2 Å². The minimum atomic E-state index is -0.303. The molecule has 0 unspecified atom stereocenters. The summed E-state index contributed by atoms with van der Waals surface area (Å²) in [5.41, 5.74) is 3.16. The topological polar surface area (TPSA) is 68.8 Å². The van der Waals surface area contributed by atoms with Gasteiger partial charge >= 0.3 is 0 Å². The lowest BCUT2D eigenvalue weighted by molar-refractivity contribution is -0.127. The van der Waals surface area contributed by atoms with Crippen molar-refractivity contribution in [1.29, 1.82) is 0 Å². The molecule has 0 saturated carbocycles. The number of benzene rings is 2. The Labute approximate surface area is 190 Å². The van der Waals surface area contributed by atoms with Crippen LogP contribution in [-0.4, -0.2) is 48.4 Å². The Morgan fingerprint density at radius 3 is 2.48 bits per heavy atom. The van der Waals surface area contributed by atoms with Crippen LogP contribution in [-0.2, 0) is 4.79 Å². The third-order valence-corrected chi connectivity index (χ3v) is 5.87. The minimum Gasteiger partial charge on any atom is -0.339 e. The molecule has 166 valence electrons. The molecule has 33 heavy (non-hydrogen) atoms. The number of hydrogen-bond acceptors (Lipinski definition) is 4. The number of rotatable bonds is 5. The van der Waals surface area contributed by atoms with Crippen molar-refractivity contribution in [2.75, 3.05) is 13.1 Å². The van der Waals surface area contributed by atoms with Crippen LogP contribution in [0.4, 0.5) is 4.39 Å². The number of halogens is 1. The van der Waals surface area contributed by atoms with Crippen molar-refractivity contribution >= 4 is 12.0 Å². The highest BCUT2D eigenvalue weighted by molar-refractivity contribution is 5.93. The van der Waals surface area contributed by atoms with E-state index in [1.54, 1.807) is 35.3 Å². The summed E-state index contributed by atoms with van der Waals surface area (Å²) >= 11 is 0. The Hall–Kier alpha value is -4.07. The number of para-hydroxylation sites is 1. The number of nitrogens with zero attached hydrogens (tertiary/aromatic N) is 6. The quantitative estimate of drug-likeness (QED) is 0.436. The van der Waals surface area contributed by atoms with Crippen LogP contribution in [0.2, 0.25) is 0 Å². The van der Waals surface area contributed by atoms with Gasteiger partial charge in [0.25, 0.3) is 0 Å². The summed E-state index contributed by atoms with van der Waals surface area (Å²) < 4.78 is 17.1. The van der Waals surface area contributed by atoms with Crippen molar-refractivity contribution in [2.24, 2.45) is 0 Å². The minimum absolute atomic E-state index is 0.0374. The van der Waals surface area contributed by atoms with Crippen molar-refractivity contribution in [3.63, 3.8) is 0 Å². The highest BCUT2D eigenvalue weighted by atomic mass is 19.1. The average molecular weight is 442 g/mol. The molecule has 2 aromatic heterocycles. The van der Waals surface area contributed by atoms with Gasteiger partial charge < -0.3 is 4.90 Å². The van der Waals surface area contributed by atoms with Crippen LogP contribution in [0.3, 0.4) is 0 Å². The van der Waals surface area contributed by atoms with Crippen LogP contribution in [0.1, 0.15) is 24.4 Å². The van der Waals surface area contributed by atoms with Gasteiger partial charge in [-0.2, -0.15) is 10.2 Å². The van der Waals surface area contributed by atoms with Gasteiger partial charge in [0.1, 0.15) is 18.5 Å². The number of carbonyl (C=O) groups excluding carboxylic acids is 1. The Balaban J connectivity index is 1.36. The van der Waals surface area contributed by atoms with Crippen LogP contribution in [0.5, 0.6) is 0 Å². The number of likely N-dealkylation sites (tertiary alicyclic amines) is 1. The van der Waals surface area contributed by atoms with Crippen LogP contribution >= 0.6 is 0 Å². The lowest BCUT2D eigenvalue weighted by Crippen LogP contribution is -2.38. The Kier molecular flexibility index (Phi) is 5.80. The normalized spacial score (nSPS) is 14.8. The maximum atomic E-state index is 13.5. The summed E-state index contributed by atoms with van der Waals surface area (Å²) in [6.45, 7) is 1.34. The van der Waals surface area contributed by atoms with Gasteiger partial charge in [-0.25, -0.2) is 18.7 Å². The van der Waals surface area contributed by atoms with E-state index in [9.17, 15) is 9.18 Å². The van der Waals surface area contributed by atoms with Gasteiger partial charge in [-0.05, 0) is 55.3 Å². The number of carbonyl (C=O) groups is 1. The van der Waals surface area contributed by atoms with Crippen molar-refractivity contribution < 1.29 is 9.18 Å². The largest absolute Gasteiger partial charge is 0.339 e. The maximum Gasteiger partial charge on any atom is 0.246 e. The SMILES string of the molecule is O=C(/C=C/c1cn(-c2ccccc2)nc1-c1ccc(F)cc1)N1CCC(n2cncn2)CC1. The second-order valence-electron chi connectivity index (χ2n) is 7.99. The van der Waals surface area contributed by atoms with Crippen molar-refractivity contribution in [3.05, 3.63) is 90.9 Å². The molecule has 7 nitrogen and oxygen atoms in total. The molecule has 0 N–H and O–H groups in total. The van der Waals surface area contributed by atoms with Gasteiger partial charge in [0.05, 0.1) is 17.4 Å². The lowest BCUT2D eigenvalue weighted by atomic mass is 10.0. The summed E-state index contributed by atoms with van der Waals surface area (Å²) in [5.74, 6) is -0.340. The smallest absolute Gasteiger partial charge is 0.246 e. The molecular formula is C25H23FN6O. The van der Waals surface area contributed by atoms with Crippen LogP contribution in [0.25, 0.3) is 23.0 Å². The van der Waals surface area contributed by atoms with E-state index >= 15 is 0 Å². The summed E-state index contributed by atoms with van der Waals surface area (Å²) in [5, 5.41) is 8.92. The molecular weight excluding hydrogens is 419 g/mol. The molecule has 1 aliphatic rings. The highest BCUT2D eigenvalue weighted by Gasteiger charge is 2.23. The zero-order valence-electron chi connectivity index (χ0n) is 18.0. The van der Waals surface area contributed by atoms with Crippen molar-refractivity contribution in [3.8, 4) is 16.9 Å². The van der Waals surface area contributed by atoms with Gasteiger partial charge in [-0.15, -0.1) is 0 Å². The first-order valence-electron chi connectivity index (χ1n) is 10.9. The third-order valence-electron chi connectivity index (χ3n) is 5.87. The first-order valence-corrected chi connectivity index (χ1v) is 10.9. The van der Waals surface area contributed by atoms with Gasteiger partial charge in [0.2, 0.25) is 5.91 Å². The molecule has 1 amide bonds. The van der Waals surface area contributed by atoms with Crippen LogP contribution < -0.4 is 0 Å². The molecule has 0 radical (unpaired) electrons. The molecule has 3 heterocycles. The van der Waals surface area contributed by atoms with Gasteiger partial charge in [-0.3, -0.25) is 4.79 Å². The second kappa shape index (κ2) is 9.20. The number of amides is 1. The maximum absolute atomic E-state index is 13.5. The molecule has 5 rings (SSSR count). The fourth-order valence-electron chi connectivity index (χ4n) is 4.08. The monoisotopic (exact) mass is 442 g/mol. The van der Waals surface area contributed by atoms with Crippen LogP contribution in [0.15, 0.2) is 79.5 Å². The standard InChI is InChI=1S/C25H23FN6O/c26-21-9-6-19(7-10-21)25-20(16-31(29-25)22-4-2-1-3-5-22)8-11-24(33)30-14-12-23(13-15-30)32-18-27-17-28-32/h1-11,16-18,23H,12-15H2/b11-8+. The lowest BCUT2D eigenvalue weighted by Gasteiger charge is -2.31. The molecule has 0 atom stereocenters. The molecule has 0 bridgehead atoms. The van der Waals surface area contributed by atoms with E-state index in [1.807, 2.05) is 46.1 Å². The predicted octanol–water partition coefficient (Wildman–Crippen LogP) is 4.15. The molecule has 4 aromatic rings. The Bertz CT molecular complexity index is 1240. The van der Waals surface area contributed by atoms with E-state index in [2.05, 4.69) is 10.1 Å².